The summed E-state index contributed by atoms with van der Waals surface area (Å²) in [6.07, 6.45) is 1.12. The second-order valence-corrected chi connectivity index (χ2v) is 5.59. The number of ether oxygens (including phenoxy) is 1. The minimum absolute atomic E-state index is 0.158. The Labute approximate surface area is 104 Å². The van der Waals surface area contributed by atoms with Gasteiger partial charge in [-0.3, -0.25) is 4.79 Å². The number of nitrogens with one attached hydrogen (secondary N) is 1. The van der Waals surface area contributed by atoms with Gasteiger partial charge in [-0.1, -0.05) is 0 Å². The van der Waals surface area contributed by atoms with Gasteiger partial charge in [-0.05, 0) is 26.7 Å². The molecule has 0 aliphatic carbocycles. The molecule has 0 bridgehead atoms. The fourth-order valence-corrected chi connectivity index (χ4v) is 2.52. The zero-order valence-corrected chi connectivity index (χ0v) is 10.9. The molecule has 17 heavy (non-hydrogen) atoms. The van der Waals surface area contributed by atoms with Crippen molar-refractivity contribution in [1.82, 2.24) is 4.98 Å². The summed E-state index contributed by atoms with van der Waals surface area (Å²) in [5.74, 6) is -0.158. The summed E-state index contributed by atoms with van der Waals surface area (Å²) in [5, 5.41) is 3.43. The Morgan fingerprint density at radius 2 is 2.12 bits per heavy atom. The van der Waals surface area contributed by atoms with Crippen molar-refractivity contribution in [2.24, 2.45) is 5.73 Å². The van der Waals surface area contributed by atoms with Crippen LogP contribution in [0.2, 0.25) is 0 Å². The van der Waals surface area contributed by atoms with Gasteiger partial charge in [-0.25, -0.2) is 4.98 Å². The standard InChI is InChI=1S/C11H17N3O2S/c1-7-8(2)17-10(13-7)14-9(15)11(12)3-5-16-6-4-11/h3-6,12H2,1-2H3,(H,13,14,15). The van der Waals surface area contributed by atoms with E-state index in [0.717, 1.165) is 10.6 Å². The summed E-state index contributed by atoms with van der Waals surface area (Å²) in [6.45, 7) is 4.99. The van der Waals surface area contributed by atoms with Crippen molar-refractivity contribution < 1.29 is 9.53 Å². The van der Waals surface area contributed by atoms with Gasteiger partial charge in [0.2, 0.25) is 5.91 Å². The Bertz CT molecular complexity index is 405. The van der Waals surface area contributed by atoms with Crippen molar-refractivity contribution in [3.8, 4) is 0 Å². The molecule has 0 aromatic carbocycles. The number of rotatable bonds is 2. The van der Waals surface area contributed by atoms with Crippen molar-refractivity contribution in [2.45, 2.75) is 32.2 Å². The van der Waals surface area contributed by atoms with Crippen LogP contribution < -0.4 is 11.1 Å². The molecule has 1 aromatic rings. The van der Waals surface area contributed by atoms with E-state index >= 15 is 0 Å². The first-order chi connectivity index (χ1) is 8.01. The average molecular weight is 255 g/mol. The van der Waals surface area contributed by atoms with Crippen LogP contribution in [0.5, 0.6) is 0 Å². The van der Waals surface area contributed by atoms with Crippen molar-refractivity contribution >= 4 is 22.4 Å². The monoisotopic (exact) mass is 255 g/mol. The maximum Gasteiger partial charge on any atom is 0.246 e. The van der Waals surface area contributed by atoms with E-state index in [2.05, 4.69) is 10.3 Å². The van der Waals surface area contributed by atoms with Gasteiger partial charge in [0.15, 0.2) is 5.13 Å². The Morgan fingerprint density at radius 1 is 1.47 bits per heavy atom. The summed E-state index contributed by atoms with van der Waals surface area (Å²) in [5.41, 5.74) is 6.21. The SMILES string of the molecule is Cc1nc(NC(=O)C2(N)CCOCC2)sc1C. The lowest BCUT2D eigenvalue weighted by Gasteiger charge is -2.31. The highest BCUT2D eigenvalue weighted by molar-refractivity contribution is 7.15. The molecular formula is C11H17N3O2S. The van der Waals surface area contributed by atoms with Gasteiger partial charge in [0.1, 0.15) is 5.54 Å². The second-order valence-electron chi connectivity index (χ2n) is 4.38. The van der Waals surface area contributed by atoms with E-state index in [0.29, 0.717) is 31.2 Å². The van der Waals surface area contributed by atoms with Gasteiger partial charge < -0.3 is 15.8 Å². The number of aryl methyl sites for hydroxylation is 2. The van der Waals surface area contributed by atoms with Gasteiger partial charge >= 0.3 is 0 Å². The van der Waals surface area contributed by atoms with Gasteiger partial charge in [0, 0.05) is 18.1 Å². The average Bonchev–Trinajstić information content (AvgIpc) is 2.59. The maximum absolute atomic E-state index is 12.1. The number of carbonyl (C=O) groups excluding carboxylic acids is 1. The molecule has 2 rings (SSSR count). The van der Waals surface area contributed by atoms with Crippen LogP contribution in [0.4, 0.5) is 5.13 Å². The molecular weight excluding hydrogens is 238 g/mol. The molecule has 6 heteroatoms. The number of aromatic nitrogens is 1. The Morgan fingerprint density at radius 3 is 2.65 bits per heavy atom. The highest BCUT2D eigenvalue weighted by Crippen LogP contribution is 2.24. The first-order valence-corrected chi connectivity index (χ1v) is 6.45. The first-order valence-electron chi connectivity index (χ1n) is 5.63. The highest BCUT2D eigenvalue weighted by atomic mass is 32.1. The van der Waals surface area contributed by atoms with Gasteiger partial charge in [0.05, 0.1) is 5.69 Å². The summed E-state index contributed by atoms with van der Waals surface area (Å²) in [6, 6.07) is 0. The largest absolute Gasteiger partial charge is 0.381 e. The zero-order valence-electron chi connectivity index (χ0n) is 10.1. The number of hydrogen-bond donors (Lipinski definition) is 2. The lowest BCUT2D eigenvalue weighted by Crippen LogP contribution is -2.54. The lowest BCUT2D eigenvalue weighted by molar-refractivity contribution is -0.124. The molecule has 1 amide bonds. The molecule has 0 unspecified atom stereocenters. The van der Waals surface area contributed by atoms with Crippen molar-refractivity contribution in [1.29, 1.82) is 0 Å². The Balaban J connectivity index is 2.05. The van der Waals surface area contributed by atoms with Crippen LogP contribution in [-0.4, -0.2) is 29.6 Å². The summed E-state index contributed by atoms with van der Waals surface area (Å²) in [4.78, 5) is 17.5. The third-order valence-corrected chi connectivity index (χ3v) is 4.07. The van der Waals surface area contributed by atoms with Gasteiger partial charge in [0.25, 0.3) is 0 Å². The number of nitrogens with zero attached hydrogens (tertiary/aromatic N) is 1. The van der Waals surface area contributed by atoms with E-state index in [1.165, 1.54) is 11.3 Å². The van der Waals surface area contributed by atoms with E-state index in [4.69, 9.17) is 10.5 Å². The van der Waals surface area contributed by atoms with E-state index in [9.17, 15) is 4.79 Å². The van der Waals surface area contributed by atoms with Crippen molar-refractivity contribution in [3.05, 3.63) is 10.6 Å². The predicted molar refractivity (Wildman–Crippen MR) is 67.2 cm³/mol. The van der Waals surface area contributed by atoms with Gasteiger partial charge in [-0.15, -0.1) is 11.3 Å². The van der Waals surface area contributed by atoms with Crippen LogP contribution in [0.1, 0.15) is 23.4 Å². The van der Waals surface area contributed by atoms with Gasteiger partial charge in [-0.2, -0.15) is 0 Å². The Kier molecular flexibility index (Phi) is 3.46. The molecule has 0 radical (unpaired) electrons. The Hall–Kier alpha value is -0.980. The molecule has 1 aliphatic rings. The zero-order chi connectivity index (χ0) is 12.5. The van der Waals surface area contributed by atoms with Crippen LogP contribution in [0.15, 0.2) is 0 Å². The molecule has 3 N–H and O–H groups in total. The van der Waals surface area contributed by atoms with Crippen LogP contribution in [0, 0.1) is 13.8 Å². The number of hydrogen-bond acceptors (Lipinski definition) is 5. The molecule has 0 atom stereocenters. The van der Waals surface area contributed by atoms with Crippen LogP contribution in [0.3, 0.4) is 0 Å². The minimum Gasteiger partial charge on any atom is -0.381 e. The first kappa shape index (κ1) is 12.5. The molecule has 1 fully saturated rings. The third kappa shape index (κ3) is 2.65. The minimum atomic E-state index is -0.814. The molecule has 1 aromatic heterocycles. The van der Waals surface area contributed by atoms with Crippen LogP contribution in [-0.2, 0) is 9.53 Å². The number of carbonyl (C=O) groups is 1. The molecule has 1 aliphatic heterocycles. The number of amides is 1. The highest BCUT2D eigenvalue weighted by Gasteiger charge is 2.36. The molecule has 2 heterocycles. The topological polar surface area (TPSA) is 77.2 Å². The maximum atomic E-state index is 12.1. The molecule has 5 nitrogen and oxygen atoms in total. The van der Waals surface area contributed by atoms with Crippen molar-refractivity contribution in [2.75, 3.05) is 18.5 Å². The summed E-state index contributed by atoms with van der Waals surface area (Å²) >= 11 is 1.48. The van der Waals surface area contributed by atoms with Crippen LogP contribution >= 0.6 is 11.3 Å². The summed E-state index contributed by atoms with van der Waals surface area (Å²) < 4.78 is 5.22. The predicted octanol–water partition coefficient (Wildman–Crippen LogP) is 1.21. The second kappa shape index (κ2) is 4.72. The third-order valence-electron chi connectivity index (χ3n) is 3.09. The fraction of sp³-hybridized carbons (Fsp3) is 0.636. The fourth-order valence-electron chi connectivity index (χ4n) is 1.71. The summed E-state index contributed by atoms with van der Waals surface area (Å²) in [7, 11) is 0. The normalized spacial score (nSPS) is 19.0. The van der Waals surface area contributed by atoms with E-state index < -0.39 is 5.54 Å². The van der Waals surface area contributed by atoms with E-state index in [1.54, 1.807) is 0 Å². The number of anilines is 1. The van der Waals surface area contributed by atoms with E-state index in [-0.39, 0.29) is 5.91 Å². The van der Waals surface area contributed by atoms with E-state index in [1.807, 2.05) is 13.8 Å². The molecule has 0 spiro atoms. The van der Waals surface area contributed by atoms with Crippen LogP contribution in [0.25, 0.3) is 0 Å². The number of nitrogens with two attached hydrogens (primary N) is 1. The molecule has 1 saturated heterocycles. The smallest absolute Gasteiger partial charge is 0.246 e. The molecule has 94 valence electrons. The lowest BCUT2D eigenvalue weighted by atomic mass is 9.90. The molecule has 0 saturated carbocycles. The number of thiazole rings is 1. The van der Waals surface area contributed by atoms with Crippen molar-refractivity contribution in [3.63, 3.8) is 0 Å². The quantitative estimate of drug-likeness (QED) is 0.832.